The van der Waals surface area contributed by atoms with Gasteiger partial charge in [-0.3, -0.25) is 4.79 Å². The van der Waals surface area contributed by atoms with Crippen molar-refractivity contribution in [2.24, 2.45) is 5.41 Å². The molecule has 0 spiro atoms. The summed E-state index contributed by atoms with van der Waals surface area (Å²) in [7, 11) is 0. The summed E-state index contributed by atoms with van der Waals surface area (Å²) in [5.41, 5.74) is -0.949. The van der Waals surface area contributed by atoms with Gasteiger partial charge in [0.1, 0.15) is 0 Å². The van der Waals surface area contributed by atoms with E-state index in [0.717, 1.165) is 0 Å². The third-order valence-electron chi connectivity index (χ3n) is 5.36. The fourth-order valence-electron chi connectivity index (χ4n) is 3.48. The molecule has 27 heavy (non-hydrogen) atoms. The smallest absolute Gasteiger partial charge is 0.331 e. The first-order chi connectivity index (χ1) is 12.9. The van der Waals surface area contributed by atoms with Crippen molar-refractivity contribution >= 4 is 11.9 Å². The summed E-state index contributed by atoms with van der Waals surface area (Å²) in [6, 6.07) is 0. The van der Waals surface area contributed by atoms with E-state index in [0.29, 0.717) is 0 Å². The highest BCUT2D eigenvalue weighted by molar-refractivity contribution is 5.90. The lowest BCUT2D eigenvalue weighted by Crippen LogP contribution is -2.28. The third-order valence-corrected chi connectivity index (χ3v) is 5.36. The molecular formula is C22H37NO4. The Balaban J connectivity index is 0.000000271. The Morgan fingerprint density at radius 2 is 1.63 bits per heavy atom. The Morgan fingerprint density at radius 3 is 2.19 bits per heavy atom. The Morgan fingerprint density at radius 1 is 1.04 bits per heavy atom. The number of likely N-dealkylation sites (tertiary alicyclic amines) is 1. The fraction of sp³-hybridized carbons (Fsp3) is 0.727. The lowest BCUT2D eigenvalue weighted by Gasteiger charge is -2.23. The molecule has 154 valence electrons. The quantitative estimate of drug-likeness (QED) is 0.529. The molecule has 0 bridgehead atoms. The fourth-order valence-corrected chi connectivity index (χ4v) is 3.48. The molecule has 5 heteroatoms. The van der Waals surface area contributed by atoms with Gasteiger partial charge in [0, 0.05) is 5.57 Å². The summed E-state index contributed by atoms with van der Waals surface area (Å²) in [5.74, 6) is -2.06. The molecular weight excluding hydrogens is 342 g/mol. The number of nitrogens with zero attached hydrogens (tertiary/aromatic N) is 1. The van der Waals surface area contributed by atoms with Crippen LogP contribution in [0.5, 0.6) is 0 Å². The van der Waals surface area contributed by atoms with Crippen LogP contribution < -0.4 is 0 Å². The second-order valence-corrected chi connectivity index (χ2v) is 7.93. The maximum Gasteiger partial charge on any atom is 0.331 e. The first-order valence-corrected chi connectivity index (χ1v) is 10.5. The molecule has 2 aliphatic rings. The standard InChI is InChI=1S/C13H27N.C9H10O4/c1-2-3-4-5-6-7-8-11-14-12-9-10-13-14;1-9(8(12)13)4-2-3-6(5-9)7(10)11/h2-13H2,1H3;2-4H,5H2,1H3,(H,10,11)(H,12,13). The monoisotopic (exact) mass is 379 g/mol. The number of rotatable bonds is 10. The van der Waals surface area contributed by atoms with Crippen LogP contribution in [0.2, 0.25) is 0 Å². The molecule has 1 fully saturated rings. The van der Waals surface area contributed by atoms with Gasteiger partial charge in [-0.2, -0.15) is 0 Å². The zero-order chi connectivity index (χ0) is 20.1. The van der Waals surface area contributed by atoms with Crippen LogP contribution in [0.4, 0.5) is 0 Å². The predicted molar refractivity (Wildman–Crippen MR) is 109 cm³/mol. The number of hydrogen-bond acceptors (Lipinski definition) is 3. The molecule has 1 aliphatic heterocycles. The Kier molecular flexibility index (Phi) is 11.0. The number of unbranched alkanes of at least 4 members (excludes halogenated alkanes) is 6. The number of carboxylic acids is 2. The van der Waals surface area contributed by atoms with Crippen LogP contribution in [-0.4, -0.2) is 46.7 Å². The lowest BCUT2D eigenvalue weighted by molar-refractivity contribution is -0.145. The van der Waals surface area contributed by atoms with E-state index in [1.54, 1.807) is 0 Å². The molecule has 1 saturated heterocycles. The van der Waals surface area contributed by atoms with Crippen LogP contribution >= 0.6 is 0 Å². The maximum absolute atomic E-state index is 10.8. The minimum absolute atomic E-state index is 0.0359. The zero-order valence-corrected chi connectivity index (χ0v) is 17.1. The van der Waals surface area contributed by atoms with E-state index in [9.17, 15) is 9.59 Å². The summed E-state index contributed by atoms with van der Waals surface area (Å²) in [6.07, 6.45) is 17.4. The van der Waals surface area contributed by atoms with Crippen molar-refractivity contribution in [3.05, 3.63) is 23.8 Å². The van der Waals surface area contributed by atoms with Crippen molar-refractivity contribution < 1.29 is 19.8 Å². The SMILES string of the molecule is CC1(C(=O)O)C=CC=C(C(=O)O)C1.CCCCCCCCCN1CCCC1. The number of allylic oxidation sites excluding steroid dienone is 2. The predicted octanol–water partition coefficient (Wildman–Crippen LogP) is 4.88. The van der Waals surface area contributed by atoms with Crippen LogP contribution in [0.25, 0.3) is 0 Å². The highest BCUT2D eigenvalue weighted by Gasteiger charge is 2.34. The van der Waals surface area contributed by atoms with Crippen LogP contribution in [0, 0.1) is 5.41 Å². The van der Waals surface area contributed by atoms with Gasteiger partial charge in [0.05, 0.1) is 5.41 Å². The number of carbonyl (C=O) groups is 2. The molecule has 0 aromatic rings. The van der Waals surface area contributed by atoms with E-state index in [2.05, 4.69) is 11.8 Å². The van der Waals surface area contributed by atoms with Crippen LogP contribution in [0.3, 0.4) is 0 Å². The third kappa shape index (κ3) is 9.23. The van der Waals surface area contributed by atoms with Crippen molar-refractivity contribution in [2.75, 3.05) is 19.6 Å². The molecule has 0 aromatic carbocycles. The van der Waals surface area contributed by atoms with Crippen molar-refractivity contribution in [1.82, 2.24) is 4.90 Å². The lowest BCUT2D eigenvalue weighted by atomic mass is 9.80. The van der Waals surface area contributed by atoms with Gasteiger partial charge in [-0.1, -0.05) is 63.7 Å². The van der Waals surface area contributed by atoms with Gasteiger partial charge in [-0.15, -0.1) is 0 Å². The van der Waals surface area contributed by atoms with E-state index in [1.165, 1.54) is 103 Å². The van der Waals surface area contributed by atoms with E-state index in [-0.39, 0.29) is 12.0 Å². The van der Waals surface area contributed by atoms with E-state index >= 15 is 0 Å². The van der Waals surface area contributed by atoms with Gasteiger partial charge in [-0.25, -0.2) is 4.79 Å². The number of carboxylic acid groups (broad SMARTS) is 2. The summed E-state index contributed by atoms with van der Waals surface area (Å²) >= 11 is 0. The van der Waals surface area contributed by atoms with Crippen molar-refractivity contribution in [3.63, 3.8) is 0 Å². The molecule has 0 aromatic heterocycles. The van der Waals surface area contributed by atoms with Gasteiger partial charge in [0.2, 0.25) is 0 Å². The molecule has 2 N–H and O–H groups in total. The largest absolute Gasteiger partial charge is 0.481 e. The second kappa shape index (κ2) is 12.7. The Labute approximate surface area is 164 Å². The van der Waals surface area contributed by atoms with Gasteiger partial charge in [0.25, 0.3) is 0 Å². The van der Waals surface area contributed by atoms with Gasteiger partial charge in [-0.05, 0) is 52.2 Å². The van der Waals surface area contributed by atoms with Crippen LogP contribution in [0.1, 0.15) is 78.1 Å². The molecule has 2 rings (SSSR count). The van der Waals surface area contributed by atoms with Crippen LogP contribution in [0.15, 0.2) is 23.8 Å². The van der Waals surface area contributed by atoms with E-state index in [1.807, 2.05) is 0 Å². The molecule has 1 aliphatic carbocycles. The summed E-state index contributed by atoms with van der Waals surface area (Å²) < 4.78 is 0. The molecule has 1 atom stereocenters. The molecule has 1 heterocycles. The van der Waals surface area contributed by atoms with Crippen molar-refractivity contribution in [3.8, 4) is 0 Å². The average Bonchev–Trinajstić information content (AvgIpc) is 3.15. The Hall–Kier alpha value is -1.62. The molecule has 5 nitrogen and oxygen atoms in total. The number of hydrogen-bond donors (Lipinski definition) is 2. The summed E-state index contributed by atoms with van der Waals surface area (Å²) in [4.78, 5) is 24.0. The normalized spacial score (nSPS) is 22.1. The second-order valence-electron chi connectivity index (χ2n) is 7.93. The number of aliphatic carboxylic acids is 2. The van der Waals surface area contributed by atoms with Gasteiger partial charge in [0.15, 0.2) is 0 Å². The topological polar surface area (TPSA) is 77.8 Å². The molecule has 0 radical (unpaired) electrons. The van der Waals surface area contributed by atoms with E-state index < -0.39 is 17.4 Å². The molecule has 0 saturated carbocycles. The minimum atomic E-state index is -1.08. The maximum atomic E-state index is 10.8. The molecule has 0 amide bonds. The molecule has 1 unspecified atom stereocenters. The van der Waals surface area contributed by atoms with Crippen molar-refractivity contribution in [2.45, 2.75) is 78.1 Å². The minimum Gasteiger partial charge on any atom is -0.481 e. The first kappa shape index (κ1) is 23.4. The van der Waals surface area contributed by atoms with E-state index in [4.69, 9.17) is 10.2 Å². The van der Waals surface area contributed by atoms with Gasteiger partial charge < -0.3 is 15.1 Å². The highest BCUT2D eigenvalue weighted by Crippen LogP contribution is 2.31. The first-order valence-electron chi connectivity index (χ1n) is 10.5. The summed E-state index contributed by atoms with van der Waals surface area (Å²) in [5, 5.41) is 17.5. The van der Waals surface area contributed by atoms with Crippen molar-refractivity contribution in [1.29, 1.82) is 0 Å². The Bertz CT molecular complexity index is 520. The van der Waals surface area contributed by atoms with Gasteiger partial charge >= 0.3 is 11.9 Å². The highest BCUT2D eigenvalue weighted by atomic mass is 16.4. The van der Waals surface area contributed by atoms with Crippen LogP contribution in [-0.2, 0) is 9.59 Å². The average molecular weight is 380 g/mol. The summed E-state index contributed by atoms with van der Waals surface area (Å²) in [6.45, 7) is 7.90. The zero-order valence-electron chi connectivity index (χ0n) is 17.1.